The van der Waals surface area contributed by atoms with Crippen LogP contribution in [0.5, 0.6) is 0 Å². The lowest BCUT2D eigenvalue weighted by Gasteiger charge is -2.30. The van der Waals surface area contributed by atoms with Gasteiger partial charge in [0.05, 0.1) is 5.69 Å². The van der Waals surface area contributed by atoms with Gasteiger partial charge in [0.2, 0.25) is 0 Å². The van der Waals surface area contributed by atoms with Crippen molar-refractivity contribution in [2.24, 2.45) is 0 Å². The average molecular weight is 336 g/mol. The van der Waals surface area contributed by atoms with Gasteiger partial charge in [0, 0.05) is 29.7 Å². The molecule has 0 spiro atoms. The Kier molecular flexibility index (Phi) is 4.28. The number of anilines is 3. The molecule has 0 bridgehead atoms. The largest absolute Gasteiger partial charge is 0.382 e. The third-order valence-corrected chi connectivity index (χ3v) is 5.19. The molecule has 1 aromatic carbocycles. The first-order chi connectivity index (χ1) is 12.3. The molecule has 0 atom stereocenters. The standard InChI is InChI=1S/C19H24N6/c1-21-14-9-7-13(8-10-14)16-17(23-15-5-3-2-4-6-15)19-22-11-12-25(19)24-18(16)20/h2-6,11-14,21,23H,7-10H2,1H3,(H2,20,24). The van der Waals surface area contributed by atoms with Crippen molar-refractivity contribution >= 4 is 22.8 Å². The minimum atomic E-state index is 0.407. The van der Waals surface area contributed by atoms with Gasteiger partial charge in [-0.2, -0.15) is 0 Å². The highest BCUT2D eigenvalue weighted by Crippen LogP contribution is 2.41. The summed E-state index contributed by atoms with van der Waals surface area (Å²) in [7, 11) is 2.04. The van der Waals surface area contributed by atoms with Crippen molar-refractivity contribution in [1.29, 1.82) is 0 Å². The van der Waals surface area contributed by atoms with E-state index in [0.29, 0.717) is 17.8 Å². The smallest absolute Gasteiger partial charge is 0.177 e. The Bertz CT molecular complexity index is 849. The summed E-state index contributed by atoms with van der Waals surface area (Å²) in [5.41, 5.74) is 10.3. The molecule has 25 heavy (non-hydrogen) atoms. The Hall–Kier alpha value is -2.60. The third kappa shape index (κ3) is 3.05. The van der Waals surface area contributed by atoms with Crippen LogP contribution in [-0.2, 0) is 0 Å². The zero-order valence-electron chi connectivity index (χ0n) is 14.4. The van der Waals surface area contributed by atoms with Crippen LogP contribution in [0.4, 0.5) is 17.2 Å². The van der Waals surface area contributed by atoms with Crippen LogP contribution >= 0.6 is 0 Å². The maximum absolute atomic E-state index is 6.38. The zero-order valence-corrected chi connectivity index (χ0v) is 14.4. The van der Waals surface area contributed by atoms with E-state index in [9.17, 15) is 0 Å². The van der Waals surface area contributed by atoms with Gasteiger partial charge in [-0.25, -0.2) is 9.50 Å². The number of hydrogen-bond acceptors (Lipinski definition) is 5. The number of nitrogens with zero attached hydrogens (tertiary/aromatic N) is 3. The van der Waals surface area contributed by atoms with E-state index in [1.165, 1.54) is 0 Å². The van der Waals surface area contributed by atoms with Crippen LogP contribution in [0, 0.1) is 0 Å². The molecule has 1 fully saturated rings. The number of hydrogen-bond donors (Lipinski definition) is 3. The van der Waals surface area contributed by atoms with Crippen molar-refractivity contribution < 1.29 is 0 Å². The number of nitrogen functional groups attached to an aromatic ring is 1. The van der Waals surface area contributed by atoms with Crippen molar-refractivity contribution in [3.63, 3.8) is 0 Å². The molecule has 130 valence electrons. The minimum Gasteiger partial charge on any atom is -0.382 e. The van der Waals surface area contributed by atoms with Crippen LogP contribution in [0.25, 0.3) is 5.65 Å². The maximum Gasteiger partial charge on any atom is 0.177 e. The van der Waals surface area contributed by atoms with Crippen molar-refractivity contribution in [2.75, 3.05) is 18.1 Å². The normalized spacial score (nSPS) is 20.7. The quantitative estimate of drug-likeness (QED) is 0.681. The molecule has 0 saturated heterocycles. The Balaban J connectivity index is 1.77. The number of aromatic nitrogens is 3. The highest BCUT2D eigenvalue weighted by molar-refractivity contribution is 5.80. The summed E-state index contributed by atoms with van der Waals surface area (Å²) in [6.45, 7) is 0. The second-order valence-electron chi connectivity index (χ2n) is 6.70. The molecule has 3 aromatic rings. The summed E-state index contributed by atoms with van der Waals surface area (Å²) in [5.74, 6) is 1.00. The van der Waals surface area contributed by atoms with Gasteiger partial charge in [-0.3, -0.25) is 0 Å². The van der Waals surface area contributed by atoms with Crippen molar-refractivity contribution in [3.05, 3.63) is 48.3 Å². The van der Waals surface area contributed by atoms with Crippen LogP contribution in [0.15, 0.2) is 42.7 Å². The Morgan fingerprint density at radius 3 is 2.60 bits per heavy atom. The molecule has 1 saturated carbocycles. The molecular weight excluding hydrogens is 312 g/mol. The first-order valence-electron chi connectivity index (χ1n) is 8.88. The lowest BCUT2D eigenvalue weighted by Crippen LogP contribution is -2.30. The Morgan fingerprint density at radius 1 is 1.12 bits per heavy atom. The first-order valence-corrected chi connectivity index (χ1v) is 8.88. The summed E-state index contributed by atoms with van der Waals surface area (Å²) < 4.78 is 1.75. The van der Waals surface area contributed by atoms with Crippen LogP contribution < -0.4 is 16.4 Å². The average Bonchev–Trinajstić information content (AvgIpc) is 3.11. The SMILES string of the molecule is CNC1CCC(c2c(N)nn3ccnc3c2Nc2ccccc2)CC1. The topological polar surface area (TPSA) is 80.3 Å². The number of rotatable bonds is 4. The second kappa shape index (κ2) is 6.72. The van der Waals surface area contributed by atoms with E-state index >= 15 is 0 Å². The number of imidazole rings is 1. The van der Waals surface area contributed by atoms with Crippen LogP contribution in [0.2, 0.25) is 0 Å². The fourth-order valence-electron chi connectivity index (χ4n) is 3.85. The van der Waals surface area contributed by atoms with E-state index in [-0.39, 0.29) is 0 Å². The van der Waals surface area contributed by atoms with Gasteiger partial charge in [0.15, 0.2) is 5.65 Å². The number of nitrogens with two attached hydrogens (primary N) is 1. The molecule has 2 aromatic heterocycles. The molecule has 4 N–H and O–H groups in total. The van der Waals surface area contributed by atoms with Crippen molar-refractivity contribution in [2.45, 2.75) is 37.6 Å². The van der Waals surface area contributed by atoms with Gasteiger partial charge in [-0.05, 0) is 50.8 Å². The van der Waals surface area contributed by atoms with Crippen LogP contribution in [-0.4, -0.2) is 27.7 Å². The summed E-state index contributed by atoms with van der Waals surface area (Å²) in [6.07, 6.45) is 8.13. The van der Waals surface area contributed by atoms with Crippen molar-refractivity contribution in [1.82, 2.24) is 19.9 Å². The summed E-state index contributed by atoms with van der Waals surface area (Å²) in [4.78, 5) is 4.51. The number of nitrogens with one attached hydrogen (secondary N) is 2. The molecule has 6 heteroatoms. The number of para-hydroxylation sites is 1. The second-order valence-corrected chi connectivity index (χ2v) is 6.70. The lowest BCUT2D eigenvalue weighted by molar-refractivity contribution is 0.359. The van der Waals surface area contributed by atoms with Gasteiger partial charge in [-0.15, -0.1) is 5.10 Å². The molecule has 6 nitrogen and oxygen atoms in total. The highest BCUT2D eigenvalue weighted by atomic mass is 15.3. The summed E-state index contributed by atoms with van der Waals surface area (Å²) in [6, 6.07) is 10.8. The monoisotopic (exact) mass is 336 g/mol. The zero-order chi connectivity index (χ0) is 17.2. The molecule has 0 unspecified atom stereocenters. The van der Waals surface area contributed by atoms with Gasteiger partial charge in [0.1, 0.15) is 5.82 Å². The maximum atomic E-state index is 6.38. The van der Waals surface area contributed by atoms with Gasteiger partial charge >= 0.3 is 0 Å². The molecular formula is C19H24N6. The number of fused-ring (bicyclic) bond motifs is 1. The lowest BCUT2D eigenvalue weighted by atomic mass is 9.81. The summed E-state index contributed by atoms with van der Waals surface area (Å²) >= 11 is 0. The summed E-state index contributed by atoms with van der Waals surface area (Å²) in [5, 5.41) is 11.5. The van der Waals surface area contributed by atoms with E-state index in [0.717, 1.165) is 48.3 Å². The van der Waals surface area contributed by atoms with Gasteiger partial charge in [-0.1, -0.05) is 18.2 Å². The molecule has 4 rings (SSSR count). The third-order valence-electron chi connectivity index (χ3n) is 5.19. The molecule has 2 heterocycles. The van der Waals surface area contributed by atoms with Crippen molar-refractivity contribution in [3.8, 4) is 0 Å². The Labute approximate surface area is 147 Å². The fourth-order valence-corrected chi connectivity index (χ4v) is 3.85. The predicted molar refractivity (Wildman–Crippen MR) is 101 cm³/mol. The minimum absolute atomic E-state index is 0.407. The number of benzene rings is 1. The molecule has 1 aliphatic rings. The van der Waals surface area contributed by atoms with E-state index in [1.807, 2.05) is 31.4 Å². The molecule has 1 aliphatic carbocycles. The van der Waals surface area contributed by atoms with Gasteiger partial charge in [0.25, 0.3) is 0 Å². The van der Waals surface area contributed by atoms with E-state index < -0.39 is 0 Å². The van der Waals surface area contributed by atoms with E-state index in [1.54, 1.807) is 10.7 Å². The van der Waals surface area contributed by atoms with Crippen LogP contribution in [0.1, 0.15) is 37.2 Å². The fraction of sp³-hybridized carbons (Fsp3) is 0.368. The van der Waals surface area contributed by atoms with E-state index in [4.69, 9.17) is 5.73 Å². The molecule has 0 amide bonds. The van der Waals surface area contributed by atoms with E-state index in [2.05, 4.69) is 32.8 Å². The highest BCUT2D eigenvalue weighted by Gasteiger charge is 2.27. The Morgan fingerprint density at radius 2 is 1.88 bits per heavy atom. The molecule has 0 aliphatic heterocycles. The first kappa shape index (κ1) is 15.9. The van der Waals surface area contributed by atoms with Gasteiger partial charge < -0.3 is 16.4 Å². The predicted octanol–water partition coefficient (Wildman–Crippen LogP) is 3.30. The molecule has 0 radical (unpaired) electrons. The van der Waals surface area contributed by atoms with Crippen LogP contribution in [0.3, 0.4) is 0 Å².